The van der Waals surface area contributed by atoms with Crippen molar-refractivity contribution in [1.29, 1.82) is 0 Å². The summed E-state index contributed by atoms with van der Waals surface area (Å²) in [4.78, 5) is 0. The molecule has 10 rings (SSSR count). The van der Waals surface area contributed by atoms with Crippen LogP contribution in [0.5, 0.6) is 0 Å². The fourth-order valence-corrected chi connectivity index (χ4v) is 8.75. The average molecular weight is 649 g/mol. The highest BCUT2D eigenvalue weighted by atomic mass is 14.4. The Balaban J connectivity index is 1.25. The lowest BCUT2D eigenvalue weighted by Crippen LogP contribution is -2.14. The van der Waals surface area contributed by atoms with Gasteiger partial charge in [0.05, 0.1) is 0 Å². The van der Waals surface area contributed by atoms with Crippen LogP contribution >= 0.6 is 0 Å². The largest absolute Gasteiger partial charge is 0.0622 e. The van der Waals surface area contributed by atoms with E-state index in [4.69, 9.17) is 0 Å². The molecule has 0 fully saturated rings. The first-order valence-electron chi connectivity index (χ1n) is 17.9. The predicted molar refractivity (Wildman–Crippen MR) is 218 cm³/mol. The number of benzene rings is 9. The Kier molecular flexibility index (Phi) is 6.63. The van der Waals surface area contributed by atoms with Crippen LogP contribution in [0.3, 0.4) is 0 Å². The second-order valence-electron chi connectivity index (χ2n) is 14.5. The molecule has 0 nitrogen and oxygen atoms in total. The van der Waals surface area contributed by atoms with E-state index >= 15 is 0 Å². The molecule has 9 aromatic rings. The third-order valence-corrected chi connectivity index (χ3v) is 11.3. The van der Waals surface area contributed by atoms with Gasteiger partial charge in [-0.3, -0.25) is 0 Å². The SMILES string of the molecule is CC1(C)c2ccccc2-c2c(-c3c4ccccc4c(-c4ccc(-c5ccc6ccccc6c5)cc4)c4ccc(-c5ccccc5)cc34)cccc21. The molecule has 0 N–H and O–H groups in total. The normalized spacial score (nSPS) is 13.1. The fraction of sp³-hybridized carbons (Fsp3) is 0.0588. The summed E-state index contributed by atoms with van der Waals surface area (Å²) in [5.41, 5.74) is 15.5. The van der Waals surface area contributed by atoms with E-state index in [0.717, 1.165) is 0 Å². The molecule has 0 saturated heterocycles. The van der Waals surface area contributed by atoms with Gasteiger partial charge in [0.25, 0.3) is 0 Å². The Morgan fingerprint density at radius 1 is 0.294 bits per heavy atom. The number of rotatable bonds is 4. The number of hydrogen-bond acceptors (Lipinski definition) is 0. The standard InChI is InChI=1S/C51H36/c1-51(2)46-21-11-10-19-43(46)50-44(20-12-22-47(50)51)49-41-18-9-8-17-40(41)48(42-30-29-39(32-45(42)49)33-13-4-3-5-14-33)36-26-23-35(24-27-36)38-28-25-34-15-6-7-16-37(34)31-38/h3-32H,1-2H3. The second kappa shape index (κ2) is 11.4. The predicted octanol–water partition coefficient (Wildman–Crippen LogP) is 14.1. The summed E-state index contributed by atoms with van der Waals surface area (Å²) in [6.45, 7) is 4.74. The molecule has 0 unspecified atom stereocenters. The van der Waals surface area contributed by atoms with E-state index < -0.39 is 0 Å². The minimum absolute atomic E-state index is 0.0739. The Labute approximate surface area is 299 Å². The molecule has 240 valence electrons. The lowest BCUT2D eigenvalue weighted by Gasteiger charge is -2.23. The molecule has 0 heterocycles. The zero-order chi connectivity index (χ0) is 34.1. The van der Waals surface area contributed by atoms with Crippen molar-refractivity contribution in [3.05, 3.63) is 193 Å². The molecule has 1 aliphatic rings. The maximum Gasteiger partial charge on any atom is 0.0159 e. The van der Waals surface area contributed by atoms with Gasteiger partial charge in [-0.2, -0.15) is 0 Å². The molecule has 0 bridgehead atoms. The summed E-state index contributed by atoms with van der Waals surface area (Å²) in [5.74, 6) is 0. The van der Waals surface area contributed by atoms with Gasteiger partial charge in [0.15, 0.2) is 0 Å². The number of fused-ring (bicyclic) bond motifs is 6. The van der Waals surface area contributed by atoms with Crippen molar-refractivity contribution < 1.29 is 0 Å². The molecule has 0 atom stereocenters. The first kappa shape index (κ1) is 29.7. The van der Waals surface area contributed by atoms with E-state index in [9.17, 15) is 0 Å². The Bertz CT molecular complexity index is 2800. The van der Waals surface area contributed by atoms with E-state index in [1.165, 1.54) is 99.1 Å². The summed E-state index contributed by atoms with van der Waals surface area (Å²) in [6, 6.07) is 67.4. The fourth-order valence-electron chi connectivity index (χ4n) is 8.75. The molecule has 0 aliphatic heterocycles. The minimum atomic E-state index is -0.0739. The molecular formula is C51H36. The monoisotopic (exact) mass is 648 g/mol. The van der Waals surface area contributed by atoms with Crippen LogP contribution in [0.2, 0.25) is 0 Å². The van der Waals surface area contributed by atoms with E-state index in [1.807, 2.05) is 0 Å². The molecule has 1 aliphatic carbocycles. The summed E-state index contributed by atoms with van der Waals surface area (Å²) in [7, 11) is 0. The summed E-state index contributed by atoms with van der Waals surface area (Å²) in [6.07, 6.45) is 0. The van der Waals surface area contributed by atoms with Crippen molar-refractivity contribution >= 4 is 32.3 Å². The maximum absolute atomic E-state index is 2.44. The van der Waals surface area contributed by atoms with E-state index in [2.05, 4.69) is 196 Å². The van der Waals surface area contributed by atoms with Crippen molar-refractivity contribution in [3.63, 3.8) is 0 Å². The molecule has 0 amide bonds. The molecule has 0 heteroatoms. The third-order valence-electron chi connectivity index (χ3n) is 11.3. The van der Waals surface area contributed by atoms with Gasteiger partial charge in [-0.15, -0.1) is 0 Å². The Morgan fingerprint density at radius 2 is 0.843 bits per heavy atom. The zero-order valence-electron chi connectivity index (χ0n) is 28.8. The molecular weight excluding hydrogens is 613 g/mol. The number of hydrogen-bond donors (Lipinski definition) is 0. The van der Waals surface area contributed by atoms with Crippen molar-refractivity contribution in [2.75, 3.05) is 0 Å². The lowest BCUT2D eigenvalue weighted by atomic mass is 9.80. The van der Waals surface area contributed by atoms with Gasteiger partial charge in [0, 0.05) is 5.41 Å². The quantitative estimate of drug-likeness (QED) is 0.167. The van der Waals surface area contributed by atoms with Gasteiger partial charge in [0.2, 0.25) is 0 Å². The van der Waals surface area contributed by atoms with Crippen molar-refractivity contribution in [3.8, 4) is 55.6 Å². The van der Waals surface area contributed by atoms with Crippen LogP contribution < -0.4 is 0 Å². The van der Waals surface area contributed by atoms with Gasteiger partial charge in [-0.05, 0) is 111 Å². The highest BCUT2D eigenvalue weighted by Gasteiger charge is 2.37. The molecule has 0 radical (unpaired) electrons. The topological polar surface area (TPSA) is 0 Å². The average Bonchev–Trinajstić information content (AvgIpc) is 3.43. The van der Waals surface area contributed by atoms with Gasteiger partial charge in [0.1, 0.15) is 0 Å². The van der Waals surface area contributed by atoms with Crippen LogP contribution in [0.25, 0.3) is 88.0 Å². The van der Waals surface area contributed by atoms with Crippen LogP contribution in [0.4, 0.5) is 0 Å². The molecule has 0 saturated carbocycles. The van der Waals surface area contributed by atoms with Crippen LogP contribution in [0, 0.1) is 0 Å². The minimum Gasteiger partial charge on any atom is -0.0622 e. The van der Waals surface area contributed by atoms with Crippen LogP contribution in [-0.4, -0.2) is 0 Å². The van der Waals surface area contributed by atoms with Gasteiger partial charge < -0.3 is 0 Å². The first-order chi connectivity index (χ1) is 25.1. The molecule has 51 heavy (non-hydrogen) atoms. The summed E-state index contributed by atoms with van der Waals surface area (Å²) < 4.78 is 0. The van der Waals surface area contributed by atoms with Crippen molar-refractivity contribution in [2.45, 2.75) is 19.3 Å². The molecule has 9 aromatic carbocycles. The second-order valence-corrected chi connectivity index (χ2v) is 14.5. The maximum atomic E-state index is 2.44. The van der Waals surface area contributed by atoms with Gasteiger partial charge >= 0.3 is 0 Å². The molecule has 0 spiro atoms. The Morgan fingerprint density at radius 3 is 1.67 bits per heavy atom. The van der Waals surface area contributed by atoms with Crippen LogP contribution in [0.15, 0.2) is 182 Å². The summed E-state index contributed by atoms with van der Waals surface area (Å²) >= 11 is 0. The lowest BCUT2D eigenvalue weighted by molar-refractivity contribution is 0.660. The Hall–Kier alpha value is -6.24. The van der Waals surface area contributed by atoms with Gasteiger partial charge in [-0.1, -0.05) is 184 Å². The van der Waals surface area contributed by atoms with Crippen molar-refractivity contribution in [2.24, 2.45) is 0 Å². The van der Waals surface area contributed by atoms with E-state index in [-0.39, 0.29) is 5.41 Å². The smallest absolute Gasteiger partial charge is 0.0159 e. The van der Waals surface area contributed by atoms with E-state index in [0.29, 0.717) is 0 Å². The van der Waals surface area contributed by atoms with E-state index in [1.54, 1.807) is 0 Å². The highest BCUT2D eigenvalue weighted by Crippen LogP contribution is 2.54. The van der Waals surface area contributed by atoms with Gasteiger partial charge in [-0.25, -0.2) is 0 Å². The first-order valence-corrected chi connectivity index (χ1v) is 17.9. The molecule has 0 aromatic heterocycles. The van der Waals surface area contributed by atoms with Crippen LogP contribution in [0.1, 0.15) is 25.0 Å². The third kappa shape index (κ3) is 4.60. The summed E-state index contributed by atoms with van der Waals surface area (Å²) in [5, 5.41) is 7.62. The highest BCUT2D eigenvalue weighted by molar-refractivity contribution is 6.23. The zero-order valence-corrected chi connectivity index (χ0v) is 28.8. The van der Waals surface area contributed by atoms with Crippen molar-refractivity contribution in [1.82, 2.24) is 0 Å². The van der Waals surface area contributed by atoms with Crippen LogP contribution in [-0.2, 0) is 5.41 Å².